The first-order valence-electron chi connectivity index (χ1n) is 4.87. The van der Waals surface area contributed by atoms with Gasteiger partial charge in [0.1, 0.15) is 5.82 Å². The molecule has 0 saturated carbocycles. The number of nitrogens with one attached hydrogen (secondary N) is 1. The number of carbonyl (C=O) groups is 2. The number of aryl methyl sites for hydroxylation is 1. The van der Waals surface area contributed by atoms with Gasteiger partial charge in [-0.3, -0.25) is 4.79 Å². The number of rotatable bonds is 4. The van der Waals surface area contributed by atoms with E-state index in [9.17, 15) is 14.0 Å². The second-order valence-electron chi connectivity index (χ2n) is 3.48. The lowest BCUT2D eigenvalue weighted by atomic mass is 10.1. The van der Waals surface area contributed by atoms with E-state index in [1.54, 1.807) is 0 Å². The van der Waals surface area contributed by atoms with Gasteiger partial charge in [-0.25, -0.2) is 9.18 Å². The van der Waals surface area contributed by atoms with Gasteiger partial charge < -0.3 is 15.5 Å². The maximum Gasteiger partial charge on any atom is 0.328 e. The van der Waals surface area contributed by atoms with E-state index in [-0.39, 0.29) is 11.1 Å². The molecule has 1 amide bonds. The largest absolute Gasteiger partial charge is 0.480 e. The van der Waals surface area contributed by atoms with Crippen molar-refractivity contribution in [1.29, 1.82) is 0 Å². The topological polar surface area (TPSA) is 86.6 Å². The summed E-state index contributed by atoms with van der Waals surface area (Å²) in [5.74, 6) is -2.95. The van der Waals surface area contributed by atoms with Gasteiger partial charge in [0.15, 0.2) is 6.04 Å². The third kappa shape index (κ3) is 3.01. The van der Waals surface area contributed by atoms with E-state index in [0.717, 1.165) is 0 Å². The molecular weight excluding hydrogens is 229 g/mol. The summed E-state index contributed by atoms with van der Waals surface area (Å²) >= 11 is 0. The highest BCUT2D eigenvalue weighted by atomic mass is 19.1. The summed E-state index contributed by atoms with van der Waals surface area (Å²) in [6.45, 7) is 0.737. The van der Waals surface area contributed by atoms with Crippen molar-refractivity contribution in [1.82, 2.24) is 5.32 Å². The minimum Gasteiger partial charge on any atom is -0.480 e. The second-order valence-corrected chi connectivity index (χ2v) is 3.48. The number of halogens is 1. The summed E-state index contributed by atoms with van der Waals surface area (Å²) in [4.78, 5) is 22.1. The van der Waals surface area contributed by atoms with Gasteiger partial charge in [0.05, 0.1) is 12.2 Å². The van der Waals surface area contributed by atoms with E-state index in [2.05, 4.69) is 0 Å². The Morgan fingerprint density at radius 1 is 1.47 bits per heavy atom. The van der Waals surface area contributed by atoms with Gasteiger partial charge in [0.25, 0.3) is 5.91 Å². The van der Waals surface area contributed by atoms with Crippen molar-refractivity contribution in [2.45, 2.75) is 13.0 Å². The fourth-order valence-corrected chi connectivity index (χ4v) is 1.24. The molecule has 0 aliphatic rings. The Morgan fingerprint density at radius 2 is 2.12 bits per heavy atom. The van der Waals surface area contributed by atoms with E-state index < -0.39 is 30.3 Å². The van der Waals surface area contributed by atoms with Gasteiger partial charge in [-0.05, 0) is 18.6 Å². The molecule has 17 heavy (non-hydrogen) atoms. The molecule has 1 atom stereocenters. The first-order valence-corrected chi connectivity index (χ1v) is 4.87. The number of hydrogen-bond donors (Lipinski definition) is 3. The Balaban J connectivity index is 2.90. The molecule has 1 aromatic carbocycles. The zero-order valence-electron chi connectivity index (χ0n) is 9.11. The predicted molar refractivity (Wildman–Crippen MR) is 57.1 cm³/mol. The monoisotopic (exact) mass is 241 g/mol. The van der Waals surface area contributed by atoms with Crippen LogP contribution in [0.15, 0.2) is 18.2 Å². The molecule has 0 heterocycles. The third-order valence-corrected chi connectivity index (χ3v) is 2.22. The average molecular weight is 241 g/mol. The standard InChI is InChI=1S/C11H12FNO4/c1-6-3-2-4-7(9(6)12)10(15)13-8(5-14)11(16)17/h2-4,8,14H,5H2,1H3,(H,13,15)(H,16,17)/t8-/m0/s1. The Hall–Kier alpha value is -1.95. The van der Waals surface area contributed by atoms with E-state index in [4.69, 9.17) is 10.2 Å². The first kappa shape index (κ1) is 13.1. The van der Waals surface area contributed by atoms with Gasteiger partial charge in [0, 0.05) is 0 Å². The molecule has 0 radical (unpaired) electrons. The van der Waals surface area contributed by atoms with Crippen molar-refractivity contribution >= 4 is 11.9 Å². The molecule has 0 spiro atoms. The number of amides is 1. The quantitative estimate of drug-likeness (QED) is 0.708. The molecule has 0 aliphatic carbocycles. The highest BCUT2D eigenvalue weighted by Crippen LogP contribution is 2.11. The lowest BCUT2D eigenvalue weighted by molar-refractivity contribution is -0.140. The molecule has 5 nitrogen and oxygen atoms in total. The summed E-state index contributed by atoms with van der Waals surface area (Å²) in [6, 6.07) is 2.78. The van der Waals surface area contributed by atoms with Crippen LogP contribution in [0.1, 0.15) is 15.9 Å². The first-order chi connectivity index (χ1) is 7.97. The summed E-state index contributed by atoms with van der Waals surface area (Å²) in [6.07, 6.45) is 0. The minimum absolute atomic E-state index is 0.246. The molecule has 0 saturated heterocycles. The van der Waals surface area contributed by atoms with Crippen LogP contribution in [0.4, 0.5) is 4.39 Å². The molecular formula is C11H12FNO4. The normalized spacial score (nSPS) is 11.9. The van der Waals surface area contributed by atoms with Gasteiger partial charge in [-0.2, -0.15) is 0 Å². The summed E-state index contributed by atoms with van der Waals surface area (Å²) in [7, 11) is 0. The molecule has 0 unspecified atom stereocenters. The molecule has 1 rings (SSSR count). The maximum atomic E-state index is 13.5. The third-order valence-electron chi connectivity index (χ3n) is 2.22. The van der Waals surface area contributed by atoms with Crippen molar-refractivity contribution in [2.75, 3.05) is 6.61 Å². The molecule has 1 aromatic rings. The molecule has 92 valence electrons. The number of carbonyl (C=O) groups excluding carboxylic acids is 1. The number of benzene rings is 1. The van der Waals surface area contributed by atoms with Gasteiger partial charge >= 0.3 is 5.97 Å². The lowest BCUT2D eigenvalue weighted by Crippen LogP contribution is -2.43. The van der Waals surface area contributed by atoms with E-state index in [1.807, 2.05) is 5.32 Å². The van der Waals surface area contributed by atoms with Crippen LogP contribution in [0.2, 0.25) is 0 Å². The van der Waals surface area contributed by atoms with Crippen LogP contribution < -0.4 is 5.32 Å². The van der Waals surface area contributed by atoms with Crippen molar-refractivity contribution in [3.05, 3.63) is 35.1 Å². The van der Waals surface area contributed by atoms with Crippen LogP contribution in [0, 0.1) is 12.7 Å². The van der Waals surface area contributed by atoms with Gasteiger partial charge in [0.2, 0.25) is 0 Å². The summed E-state index contributed by atoms with van der Waals surface area (Å²) < 4.78 is 13.5. The summed E-state index contributed by atoms with van der Waals surface area (Å²) in [5, 5.41) is 19.4. The Bertz CT molecular complexity index is 447. The number of aliphatic hydroxyl groups excluding tert-OH is 1. The number of carboxylic acids is 1. The van der Waals surface area contributed by atoms with Gasteiger partial charge in [-0.15, -0.1) is 0 Å². The zero-order chi connectivity index (χ0) is 13.0. The Kier molecular flexibility index (Phi) is 4.17. The number of hydrogen-bond acceptors (Lipinski definition) is 3. The van der Waals surface area contributed by atoms with Crippen LogP contribution >= 0.6 is 0 Å². The fourth-order valence-electron chi connectivity index (χ4n) is 1.24. The Morgan fingerprint density at radius 3 is 2.65 bits per heavy atom. The Labute approximate surface area is 96.9 Å². The van der Waals surface area contributed by atoms with Crippen LogP contribution in [-0.2, 0) is 4.79 Å². The van der Waals surface area contributed by atoms with Crippen LogP contribution in [-0.4, -0.2) is 34.7 Å². The second kappa shape index (κ2) is 5.40. The van der Waals surface area contributed by atoms with Crippen LogP contribution in [0.5, 0.6) is 0 Å². The molecule has 6 heteroatoms. The van der Waals surface area contributed by atoms with Crippen LogP contribution in [0.25, 0.3) is 0 Å². The molecule has 3 N–H and O–H groups in total. The van der Waals surface area contributed by atoms with E-state index in [0.29, 0.717) is 0 Å². The number of carboxylic acid groups (broad SMARTS) is 1. The maximum absolute atomic E-state index is 13.5. The molecule has 0 bridgehead atoms. The number of aliphatic hydroxyl groups is 1. The van der Waals surface area contributed by atoms with Crippen molar-refractivity contribution in [2.24, 2.45) is 0 Å². The average Bonchev–Trinajstić information content (AvgIpc) is 2.28. The molecule has 0 fully saturated rings. The fraction of sp³-hybridized carbons (Fsp3) is 0.273. The SMILES string of the molecule is Cc1cccc(C(=O)N[C@@H](CO)C(=O)O)c1F. The number of aliphatic carboxylic acids is 1. The minimum atomic E-state index is -1.44. The highest BCUT2D eigenvalue weighted by molar-refractivity contribution is 5.97. The van der Waals surface area contributed by atoms with Gasteiger partial charge in [-0.1, -0.05) is 12.1 Å². The van der Waals surface area contributed by atoms with Crippen molar-refractivity contribution < 1.29 is 24.2 Å². The zero-order valence-corrected chi connectivity index (χ0v) is 9.11. The molecule has 0 aliphatic heterocycles. The predicted octanol–water partition coefficient (Wildman–Crippen LogP) is 0.309. The molecule has 0 aromatic heterocycles. The van der Waals surface area contributed by atoms with Crippen LogP contribution in [0.3, 0.4) is 0 Å². The van der Waals surface area contributed by atoms with Crippen molar-refractivity contribution in [3.63, 3.8) is 0 Å². The van der Waals surface area contributed by atoms with E-state index in [1.165, 1.54) is 25.1 Å². The van der Waals surface area contributed by atoms with E-state index >= 15 is 0 Å². The summed E-state index contributed by atoms with van der Waals surface area (Å²) in [5.41, 5.74) is 0.0400. The smallest absolute Gasteiger partial charge is 0.328 e. The van der Waals surface area contributed by atoms with Crippen molar-refractivity contribution in [3.8, 4) is 0 Å². The lowest BCUT2D eigenvalue weighted by Gasteiger charge is -2.12. The highest BCUT2D eigenvalue weighted by Gasteiger charge is 2.21.